The summed E-state index contributed by atoms with van der Waals surface area (Å²) in [7, 11) is 0. The van der Waals surface area contributed by atoms with Crippen molar-refractivity contribution in [2.24, 2.45) is 0 Å². The van der Waals surface area contributed by atoms with Crippen molar-refractivity contribution in [2.45, 2.75) is 45.4 Å². The molecule has 0 spiro atoms. The van der Waals surface area contributed by atoms with E-state index in [4.69, 9.17) is 0 Å². The predicted octanol–water partition coefficient (Wildman–Crippen LogP) is 2.40. The van der Waals surface area contributed by atoms with Crippen LogP contribution in [-0.4, -0.2) is 12.3 Å². The van der Waals surface area contributed by atoms with Crippen LogP contribution in [0, 0.1) is 0 Å². The van der Waals surface area contributed by atoms with Gasteiger partial charge in [0.25, 0.3) is 0 Å². The van der Waals surface area contributed by atoms with E-state index < -0.39 is 0 Å². The van der Waals surface area contributed by atoms with Crippen LogP contribution in [0.25, 0.3) is 0 Å². The van der Waals surface area contributed by atoms with E-state index in [1.807, 2.05) is 6.20 Å². The molecule has 1 rings (SSSR count). The summed E-state index contributed by atoms with van der Waals surface area (Å²) in [5, 5.41) is 3.17. The van der Waals surface area contributed by atoms with Gasteiger partial charge in [-0.1, -0.05) is 19.8 Å². The average molecular weight is 181 g/mol. The largest absolute Gasteiger partial charge is 0.391 e. The molecule has 2 nitrogen and oxygen atoms in total. The zero-order valence-electron chi connectivity index (χ0n) is 8.44. The van der Waals surface area contributed by atoms with Crippen molar-refractivity contribution in [3.05, 3.63) is 11.8 Å². The van der Waals surface area contributed by atoms with E-state index in [1.165, 1.54) is 12.8 Å². The van der Waals surface area contributed by atoms with Crippen molar-refractivity contribution in [3.63, 3.8) is 0 Å². The number of nitrogens with one attached hydrogen (secondary N) is 1. The van der Waals surface area contributed by atoms with Crippen LogP contribution >= 0.6 is 0 Å². The monoisotopic (exact) mass is 181 g/mol. The second-order valence-electron chi connectivity index (χ2n) is 3.61. The molecule has 1 aliphatic rings. The van der Waals surface area contributed by atoms with Crippen LogP contribution in [0.1, 0.15) is 45.4 Å². The minimum absolute atomic E-state index is 0.348. The number of allylic oxidation sites excluding steroid dienone is 1. The highest BCUT2D eigenvalue weighted by molar-refractivity contribution is 5.95. The molecule has 0 saturated heterocycles. The lowest BCUT2D eigenvalue weighted by Gasteiger charge is -2.02. The van der Waals surface area contributed by atoms with Crippen LogP contribution in [0.15, 0.2) is 11.8 Å². The quantitative estimate of drug-likeness (QED) is 0.675. The summed E-state index contributed by atoms with van der Waals surface area (Å²) in [6, 6.07) is 0. The lowest BCUT2D eigenvalue weighted by Crippen LogP contribution is -2.04. The van der Waals surface area contributed by atoms with Gasteiger partial charge >= 0.3 is 0 Å². The summed E-state index contributed by atoms with van der Waals surface area (Å²) < 4.78 is 0. The molecule has 0 saturated carbocycles. The molecule has 1 aliphatic heterocycles. The number of unbranched alkanes of at least 4 members (excludes halogenated alkanes) is 2. The fourth-order valence-electron chi connectivity index (χ4n) is 1.56. The van der Waals surface area contributed by atoms with Gasteiger partial charge in [-0.05, 0) is 19.3 Å². The summed E-state index contributed by atoms with van der Waals surface area (Å²) in [4.78, 5) is 11.5. The smallest absolute Gasteiger partial charge is 0.160 e. The second kappa shape index (κ2) is 5.79. The Morgan fingerprint density at radius 3 is 3.08 bits per heavy atom. The van der Waals surface area contributed by atoms with Gasteiger partial charge in [-0.25, -0.2) is 0 Å². The standard InChI is InChI=1S/C11H19NO/c1-2-3-4-6-10-9-12-8-5-7-11(10)13/h9,12H,2-8H2,1H3. The summed E-state index contributed by atoms with van der Waals surface area (Å²) >= 11 is 0. The first-order valence-electron chi connectivity index (χ1n) is 5.30. The average Bonchev–Trinajstić information content (AvgIpc) is 2.32. The van der Waals surface area contributed by atoms with Crippen molar-refractivity contribution < 1.29 is 4.79 Å². The Kier molecular flexibility index (Phi) is 4.58. The van der Waals surface area contributed by atoms with E-state index in [1.54, 1.807) is 0 Å². The van der Waals surface area contributed by atoms with Crippen LogP contribution < -0.4 is 5.32 Å². The van der Waals surface area contributed by atoms with Gasteiger partial charge in [0, 0.05) is 24.7 Å². The highest BCUT2D eigenvalue weighted by atomic mass is 16.1. The van der Waals surface area contributed by atoms with Gasteiger partial charge in [0.1, 0.15) is 0 Å². The minimum Gasteiger partial charge on any atom is -0.391 e. The van der Waals surface area contributed by atoms with E-state index in [9.17, 15) is 4.79 Å². The van der Waals surface area contributed by atoms with E-state index in [0.717, 1.165) is 37.8 Å². The summed E-state index contributed by atoms with van der Waals surface area (Å²) in [5.41, 5.74) is 1.01. The van der Waals surface area contributed by atoms with Crippen LogP contribution in [-0.2, 0) is 4.79 Å². The van der Waals surface area contributed by atoms with Gasteiger partial charge in [0.05, 0.1) is 0 Å². The third kappa shape index (κ3) is 3.62. The molecule has 74 valence electrons. The number of Topliss-reactive ketones (excluding diaryl/α,β-unsaturated/α-hetero) is 1. The third-order valence-electron chi connectivity index (χ3n) is 2.41. The van der Waals surface area contributed by atoms with Gasteiger partial charge in [-0.3, -0.25) is 4.79 Å². The minimum atomic E-state index is 0.348. The number of hydrogen-bond acceptors (Lipinski definition) is 2. The van der Waals surface area contributed by atoms with Crippen LogP contribution in [0.5, 0.6) is 0 Å². The molecule has 0 aromatic heterocycles. The normalized spacial score (nSPS) is 17.6. The topological polar surface area (TPSA) is 29.1 Å². The summed E-state index contributed by atoms with van der Waals surface area (Å²) in [6.45, 7) is 3.13. The van der Waals surface area contributed by atoms with Crippen molar-refractivity contribution >= 4 is 5.78 Å². The highest BCUT2D eigenvalue weighted by Gasteiger charge is 2.10. The second-order valence-corrected chi connectivity index (χ2v) is 3.61. The van der Waals surface area contributed by atoms with Gasteiger partial charge in [0.2, 0.25) is 0 Å². The molecule has 0 radical (unpaired) electrons. The summed E-state index contributed by atoms with van der Waals surface area (Å²) in [5.74, 6) is 0.348. The van der Waals surface area contributed by atoms with Crippen LogP contribution in [0.4, 0.5) is 0 Å². The molecule has 0 atom stereocenters. The van der Waals surface area contributed by atoms with Crippen LogP contribution in [0.2, 0.25) is 0 Å². The molecular weight excluding hydrogens is 162 g/mol. The number of carbonyl (C=O) groups excluding carboxylic acids is 1. The predicted molar refractivity (Wildman–Crippen MR) is 54.5 cm³/mol. The molecule has 0 aromatic rings. The van der Waals surface area contributed by atoms with E-state index in [-0.39, 0.29) is 0 Å². The molecule has 0 unspecified atom stereocenters. The van der Waals surface area contributed by atoms with E-state index in [0.29, 0.717) is 5.78 Å². The highest BCUT2D eigenvalue weighted by Crippen LogP contribution is 2.13. The van der Waals surface area contributed by atoms with Gasteiger partial charge in [-0.15, -0.1) is 0 Å². The molecule has 0 aromatic carbocycles. The zero-order chi connectivity index (χ0) is 9.52. The number of hydrogen-bond donors (Lipinski definition) is 1. The maximum atomic E-state index is 11.5. The number of ketones is 1. The van der Waals surface area contributed by atoms with Crippen molar-refractivity contribution in [3.8, 4) is 0 Å². The first kappa shape index (κ1) is 10.3. The molecule has 2 heteroatoms. The Balaban J connectivity index is 2.35. The number of rotatable bonds is 4. The Hall–Kier alpha value is -0.790. The Morgan fingerprint density at radius 1 is 1.46 bits per heavy atom. The molecule has 13 heavy (non-hydrogen) atoms. The Bertz CT molecular complexity index is 196. The first-order chi connectivity index (χ1) is 6.34. The first-order valence-corrected chi connectivity index (χ1v) is 5.30. The van der Waals surface area contributed by atoms with Gasteiger partial charge in [-0.2, -0.15) is 0 Å². The summed E-state index contributed by atoms with van der Waals surface area (Å²) in [6.07, 6.45) is 8.18. The Labute approximate surface area is 80.4 Å². The van der Waals surface area contributed by atoms with Crippen molar-refractivity contribution in [1.29, 1.82) is 0 Å². The van der Waals surface area contributed by atoms with E-state index in [2.05, 4.69) is 12.2 Å². The van der Waals surface area contributed by atoms with E-state index >= 15 is 0 Å². The molecule has 0 bridgehead atoms. The molecule has 1 N–H and O–H groups in total. The zero-order valence-corrected chi connectivity index (χ0v) is 8.44. The fraction of sp³-hybridized carbons (Fsp3) is 0.727. The third-order valence-corrected chi connectivity index (χ3v) is 2.41. The lowest BCUT2D eigenvalue weighted by molar-refractivity contribution is -0.115. The fourth-order valence-corrected chi connectivity index (χ4v) is 1.56. The Morgan fingerprint density at radius 2 is 2.31 bits per heavy atom. The van der Waals surface area contributed by atoms with Gasteiger partial charge < -0.3 is 5.32 Å². The molecular formula is C11H19NO. The molecule has 0 fully saturated rings. The maximum Gasteiger partial charge on any atom is 0.160 e. The molecule has 1 heterocycles. The molecule has 0 amide bonds. The SMILES string of the molecule is CCCCCC1=CNCCCC1=O. The number of carbonyl (C=O) groups is 1. The van der Waals surface area contributed by atoms with Crippen molar-refractivity contribution in [2.75, 3.05) is 6.54 Å². The van der Waals surface area contributed by atoms with Crippen LogP contribution in [0.3, 0.4) is 0 Å². The maximum absolute atomic E-state index is 11.5. The van der Waals surface area contributed by atoms with Gasteiger partial charge in [0.15, 0.2) is 5.78 Å². The van der Waals surface area contributed by atoms with Crippen molar-refractivity contribution in [1.82, 2.24) is 5.32 Å². The molecule has 0 aliphatic carbocycles. The lowest BCUT2D eigenvalue weighted by atomic mass is 10.0.